The topological polar surface area (TPSA) is 75.2 Å². The Bertz CT molecular complexity index is 998. The third-order valence-electron chi connectivity index (χ3n) is 4.40. The number of hydrogen-bond acceptors (Lipinski definition) is 6. The van der Waals surface area contributed by atoms with Crippen molar-refractivity contribution < 1.29 is 9.59 Å². The zero-order valence-corrected chi connectivity index (χ0v) is 18.4. The Morgan fingerprint density at radius 2 is 1.87 bits per heavy atom. The number of amides is 2. The van der Waals surface area contributed by atoms with E-state index >= 15 is 0 Å². The highest BCUT2D eigenvalue weighted by atomic mass is 32.2. The summed E-state index contributed by atoms with van der Waals surface area (Å²) in [5.74, 6) is -0.213. The van der Waals surface area contributed by atoms with Crippen molar-refractivity contribution in [3.63, 3.8) is 0 Å². The van der Waals surface area contributed by atoms with E-state index in [1.165, 1.54) is 23.5 Å². The quantitative estimate of drug-likeness (QED) is 0.395. The Balaban J connectivity index is 1.66. The average molecular weight is 439 g/mol. The molecule has 2 aromatic heterocycles. The Morgan fingerprint density at radius 1 is 1.07 bits per heavy atom. The Morgan fingerprint density at radius 3 is 2.50 bits per heavy atom. The first-order valence-corrected chi connectivity index (χ1v) is 11.7. The average Bonchev–Trinajstić information content (AvgIpc) is 2.80. The fraction of sp³-hybridized carbons (Fsp3) is 0.182. The predicted molar refractivity (Wildman–Crippen MR) is 124 cm³/mol. The van der Waals surface area contributed by atoms with Gasteiger partial charge in [-0.1, -0.05) is 6.07 Å². The summed E-state index contributed by atoms with van der Waals surface area (Å²) in [4.78, 5) is 34.6. The summed E-state index contributed by atoms with van der Waals surface area (Å²) in [6.45, 7) is 0.525. The molecule has 0 aliphatic carbocycles. The van der Waals surface area contributed by atoms with Gasteiger partial charge in [0.05, 0.1) is 10.6 Å². The predicted octanol–water partition coefficient (Wildman–Crippen LogP) is 4.38. The van der Waals surface area contributed by atoms with Crippen molar-refractivity contribution in [1.82, 2.24) is 9.97 Å². The molecular formula is C22H22N4O2S2. The van der Waals surface area contributed by atoms with Crippen LogP contribution >= 0.6 is 23.5 Å². The normalized spacial score (nSPS) is 10.5. The minimum Gasteiger partial charge on any atom is -0.322 e. The van der Waals surface area contributed by atoms with Gasteiger partial charge in [-0.05, 0) is 61.0 Å². The van der Waals surface area contributed by atoms with Crippen LogP contribution in [-0.4, -0.2) is 41.3 Å². The number of hydrogen-bond donors (Lipinski definition) is 1. The SMILES string of the molecule is CSc1ccc(C(=O)Nc2ccc(N(C=O)CCc3ccccn3)cc2)c(SC)n1. The molecule has 3 aromatic rings. The summed E-state index contributed by atoms with van der Waals surface area (Å²) in [6, 6.07) is 16.6. The van der Waals surface area contributed by atoms with E-state index in [1.54, 1.807) is 29.3 Å². The molecule has 0 atom stereocenters. The number of rotatable bonds is 9. The fourth-order valence-electron chi connectivity index (χ4n) is 2.82. The first kappa shape index (κ1) is 21.9. The molecular weight excluding hydrogens is 416 g/mol. The maximum Gasteiger partial charge on any atom is 0.258 e. The number of nitrogens with zero attached hydrogens (tertiary/aromatic N) is 3. The van der Waals surface area contributed by atoms with Gasteiger partial charge < -0.3 is 10.2 Å². The van der Waals surface area contributed by atoms with Gasteiger partial charge in [0.25, 0.3) is 5.91 Å². The molecule has 0 fully saturated rings. The van der Waals surface area contributed by atoms with Crippen LogP contribution in [0, 0.1) is 0 Å². The number of aromatic nitrogens is 2. The Labute approximate surface area is 184 Å². The van der Waals surface area contributed by atoms with Crippen LogP contribution in [0.2, 0.25) is 0 Å². The van der Waals surface area contributed by atoms with Gasteiger partial charge in [0.15, 0.2) is 0 Å². The smallest absolute Gasteiger partial charge is 0.258 e. The molecule has 0 bridgehead atoms. The molecule has 0 saturated carbocycles. The highest BCUT2D eigenvalue weighted by Gasteiger charge is 2.14. The molecule has 0 radical (unpaired) electrons. The van der Waals surface area contributed by atoms with Crippen molar-refractivity contribution in [2.24, 2.45) is 0 Å². The standard InChI is InChI=1S/C22H22N4O2S2/c1-29-20-11-10-19(22(25-20)30-2)21(28)24-17-6-8-18(9-7-17)26(15-27)14-12-16-5-3-4-13-23-16/h3-11,13,15H,12,14H2,1-2H3,(H,24,28). The molecule has 1 aromatic carbocycles. The van der Waals surface area contributed by atoms with Crippen LogP contribution in [0.4, 0.5) is 11.4 Å². The highest BCUT2D eigenvalue weighted by Crippen LogP contribution is 2.24. The lowest BCUT2D eigenvalue weighted by Gasteiger charge is -2.18. The molecule has 0 unspecified atom stereocenters. The number of nitrogens with one attached hydrogen (secondary N) is 1. The van der Waals surface area contributed by atoms with Gasteiger partial charge in [-0.15, -0.1) is 23.5 Å². The summed E-state index contributed by atoms with van der Waals surface area (Å²) in [7, 11) is 0. The van der Waals surface area contributed by atoms with E-state index in [4.69, 9.17) is 0 Å². The lowest BCUT2D eigenvalue weighted by molar-refractivity contribution is -0.107. The van der Waals surface area contributed by atoms with Crippen molar-refractivity contribution in [1.29, 1.82) is 0 Å². The van der Waals surface area contributed by atoms with Crippen LogP contribution < -0.4 is 10.2 Å². The zero-order valence-electron chi connectivity index (χ0n) is 16.7. The van der Waals surface area contributed by atoms with Gasteiger partial charge in [-0.3, -0.25) is 14.6 Å². The molecule has 0 saturated heterocycles. The zero-order chi connectivity index (χ0) is 21.3. The molecule has 3 rings (SSSR count). The van der Waals surface area contributed by atoms with Crippen LogP contribution in [0.25, 0.3) is 0 Å². The number of pyridine rings is 2. The molecule has 30 heavy (non-hydrogen) atoms. The lowest BCUT2D eigenvalue weighted by atomic mass is 10.2. The van der Waals surface area contributed by atoms with E-state index < -0.39 is 0 Å². The van der Waals surface area contributed by atoms with Crippen LogP contribution in [0.3, 0.4) is 0 Å². The molecule has 0 spiro atoms. The lowest BCUT2D eigenvalue weighted by Crippen LogP contribution is -2.24. The van der Waals surface area contributed by atoms with E-state index in [2.05, 4.69) is 15.3 Å². The second-order valence-corrected chi connectivity index (χ2v) is 7.90. The van der Waals surface area contributed by atoms with Gasteiger partial charge in [-0.2, -0.15) is 0 Å². The van der Waals surface area contributed by atoms with Crippen molar-refractivity contribution in [3.8, 4) is 0 Å². The molecule has 0 aliphatic heterocycles. The monoisotopic (exact) mass is 438 g/mol. The fourth-order valence-corrected chi connectivity index (χ4v) is 3.84. The van der Waals surface area contributed by atoms with Crippen LogP contribution in [0.1, 0.15) is 16.1 Å². The highest BCUT2D eigenvalue weighted by molar-refractivity contribution is 7.99. The minimum atomic E-state index is -0.213. The number of benzene rings is 1. The second-order valence-electron chi connectivity index (χ2n) is 6.28. The van der Waals surface area contributed by atoms with E-state index in [9.17, 15) is 9.59 Å². The summed E-state index contributed by atoms with van der Waals surface area (Å²) >= 11 is 2.98. The van der Waals surface area contributed by atoms with Crippen LogP contribution in [0.15, 0.2) is 70.8 Å². The van der Waals surface area contributed by atoms with Crippen molar-refractivity contribution in [2.45, 2.75) is 16.5 Å². The Hall–Kier alpha value is -2.84. The first-order chi connectivity index (χ1) is 14.6. The van der Waals surface area contributed by atoms with Gasteiger partial charge in [0.2, 0.25) is 6.41 Å². The summed E-state index contributed by atoms with van der Waals surface area (Å²) in [5.41, 5.74) is 2.88. The van der Waals surface area contributed by atoms with E-state index in [0.717, 1.165) is 22.8 Å². The van der Waals surface area contributed by atoms with Crippen LogP contribution in [0.5, 0.6) is 0 Å². The number of anilines is 2. The van der Waals surface area contributed by atoms with Gasteiger partial charge >= 0.3 is 0 Å². The third kappa shape index (κ3) is 5.61. The summed E-state index contributed by atoms with van der Waals surface area (Å²) < 4.78 is 0. The van der Waals surface area contributed by atoms with E-state index in [-0.39, 0.29) is 5.91 Å². The number of thioether (sulfide) groups is 2. The van der Waals surface area contributed by atoms with E-state index in [0.29, 0.717) is 29.2 Å². The molecule has 2 heterocycles. The van der Waals surface area contributed by atoms with E-state index in [1.807, 2.05) is 48.9 Å². The molecule has 6 nitrogen and oxygen atoms in total. The van der Waals surface area contributed by atoms with Gasteiger partial charge in [0.1, 0.15) is 5.03 Å². The molecule has 8 heteroatoms. The van der Waals surface area contributed by atoms with Gasteiger partial charge in [0, 0.05) is 36.2 Å². The Kier molecular flexibility index (Phi) is 7.87. The van der Waals surface area contributed by atoms with Crippen LogP contribution in [-0.2, 0) is 11.2 Å². The summed E-state index contributed by atoms with van der Waals surface area (Å²) in [6.07, 6.45) is 7.06. The molecule has 154 valence electrons. The largest absolute Gasteiger partial charge is 0.322 e. The maximum absolute atomic E-state index is 12.7. The number of carbonyl (C=O) groups excluding carboxylic acids is 2. The molecule has 2 amide bonds. The van der Waals surface area contributed by atoms with Gasteiger partial charge in [-0.25, -0.2) is 4.98 Å². The first-order valence-electron chi connectivity index (χ1n) is 9.27. The minimum absolute atomic E-state index is 0.213. The van der Waals surface area contributed by atoms with Crippen molar-refractivity contribution in [2.75, 3.05) is 29.3 Å². The molecule has 1 N–H and O–H groups in total. The summed E-state index contributed by atoms with van der Waals surface area (Å²) in [5, 5.41) is 4.46. The second kappa shape index (κ2) is 10.8. The van der Waals surface area contributed by atoms with Crippen molar-refractivity contribution in [3.05, 3.63) is 72.1 Å². The number of carbonyl (C=O) groups is 2. The molecule has 0 aliphatic rings. The van der Waals surface area contributed by atoms with Crippen molar-refractivity contribution >= 4 is 47.2 Å². The maximum atomic E-state index is 12.7. The third-order valence-corrected chi connectivity index (χ3v) is 5.74.